The van der Waals surface area contributed by atoms with E-state index in [1.54, 1.807) is 17.4 Å². The third-order valence-electron chi connectivity index (χ3n) is 4.60. The number of thiazole rings is 1. The van der Waals surface area contributed by atoms with Crippen molar-refractivity contribution in [3.05, 3.63) is 40.2 Å². The molecule has 0 saturated carbocycles. The zero-order valence-corrected chi connectivity index (χ0v) is 16.1. The summed E-state index contributed by atoms with van der Waals surface area (Å²) in [5.74, 6) is 0.378. The molecule has 1 aliphatic heterocycles. The quantitative estimate of drug-likeness (QED) is 0.842. The Balaban J connectivity index is 1.55. The molecule has 2 aromatic rings. The van der Waals surface area contributed by atoms with Gasteiger partial charge in [0.25, 0.3) is 5.91 Å². The summed E-state index contributed by atoms with van der Waals surface area (Å²) in [4.78, 5) is 30.8. The number of hydrogen-bond donors (Lipinski definition) is 1. The topological polar surface area (TPSA) is 75.4 Å². The molecule has 1 saturated heterocycles. The molecule has 0 bridgehead atoms. The van der Waals surface area contributed by atoms with Crippen LogP contribution < -0.4 is 5.32 Å². The third kappa shape index (κ3) is 4.52. The van der Waals surface area contributed by atoms with Crippen LogP contribution in [-0.4, -0.2) is 41.3 Å². The van der Waals surface area contributed by atoms with Gasteiger partial charge in [-0.05, 0) is 18.9 Å². The third-order valence-corrected chi connectivity index (χ3v) is 5.66. The van der Waals surface area contributed by atoms with Gasteiger partial charge < -0.3 is 14.6 Å². The number of carbonyl (C=O) groups excluding carboxylic acids is 2. The van der Waals surface area contributed by atoms with E-state index >= 15 is 0 Å². The van der Waals surface area contributed by atoms with Gasteiger partial charge in [0.15, 0.2) is 0 Å². The molecule has 1 atom stereocenters. The minimum absolute atomic E-state index is 0.00183. The first-order chi connectivity index (χ1) is 12.5. The minimum atomic E-state index is 0.00183. The Morgan fingerprint density at radius 1 is 1.46 bits per heavy atom. The second kappa shape index (κ2) is 8.49. The number of furan rings is 1. The fourth-order valence-corrected chi connectivity index (χ4v) is 4.06. The smallest absolute Gasteiger partial charge is 0.257 e. The van der Waals surface area contributed by atoms with E-state index in [4.69, 9.17) is 9.40 Å². The molecule has 3 heterocycles. The Hall–Kier alpha value is -2.15. The SMILES string of the molecule is CC(C)C(=O)NCCc1csc([C@@H]2CCCN(C(=O)c3ccoc3)C2)n1. The van der Waals surface area contributed by atoms with E-state index in [1.165, 1.54) is 12.5 Å². The van der Waals surface area contributed by atoms with Crippen molar-refractivity contribution in [2.75, 3.05) is 19.6 Å². The van der Waals surface area contributed by atoms with E-state index in [0.717, 1.165) is 36.5 Å². The van der Waals surface area contributed by atoms with Crippen molar-refractivity contribution < 1.29 is 14.0 Å². The molecule has 0 unspecified atom stereocenters. The second-order valence-corrected chi connectivity index (χ2v) is 7.86. The van der Waals surface area contributed by atoms with Crippen molar-refractivity contribution in [2.24, 2.45) is 5.92 Å². The molecular weight excluding hydrogens is 350 g/mol. The van der Waals surface area contributed by atoms with Gasteiger partial charge in [-0.2, -0.15) is 0 Å². The average Bonchev–Trinajstić information content (AvgIpc) is 3.33. The molecule has 0 spiro atoms. The van der Waals surface area contributed by atoms with Crippen molar-refractivity contribution in [3.63, 3.8) is 0 Å². The zero-order valence-electron chi connectivity index (χ0n) is 15.2. The van der Waals surface area contributed by atoms with Crippen LogP contribution in [0.1, 0.15) is 53.7 Å². The maximum absolute atomic E-state index is 12.5. The lowest BCUT2D eigenvalue weighted by molar-refractivity contribution is -0.123. The highest BCUT2D eigenvalue weighted by atomic mass is 32.1. The number of rotatable bonds is 6. The van der Waals surface area contributed by atoms with E-state index in [1.807, 2.05) is 18.7 Å². The molecule has 2 aromatic heterocycles. The first-order valence-electron chi connectivity index (χ1n) is 9.08. The van der Waals surface area contributed by atoms with Crippen molar-refractivity contribution >= 4 is 23.2 Å². The lowest BCUT2D eigenvalue weighted by Crippen LogP contribution is -2.38. The van der Waals surface area contributed by atoms with Gasteiger partial charge in [-0.1, -0.05) is 13.8 Å². The molecule has 3 rings (SSSR count). The van der Waals surface area contributed by atoms with Crippen LogP contribution in [-0.2, 0) is 11.2 Å². The van der Waals surface area contributed by atoms with Crippen LogP contribution in [0.25, 0.3) is 0 Å². The number of amides is 2. The van der Waals surface area contributed by atoms with Gasteiger partial charge in [0, 0.05) is 43.3 Å². The van der Waals surface area contributed by atoms with E-state index in [2.05, 4.69) is 10.7 Å². The fourth-order valence-electron chi connectivity index (χ4n) is 3.07. The minimum Gasteiger partial charge on any atom is -0.472 e. The molecule has 1 N–H and O–H groups in total. The van der Waals surface area contributed by atoms with Gasteiger partial charge in [0.1, 0.15) is 6.26 Å². The average molecular weight is 375 g/mol. The summed E-state index contributed by atoms with van der Waals surface area (Å²) in [6.07, 6.45) is 5.79. The van der Waals surface area contributed by atoms with Crippen LogP contribution in [0.3, 0.4) is 0 Å². The van der Waals surface area contributed by atoms with Crippen LogP contribution >= 0.6 is 11.3 Å². The Morgan fingerprint density at radius 3 is 3.04 bits per heavy atom. The molecule has 7 heteroatoms. The summed E-state index contributed by atoms with van der Waals surface area (Å²) >= 11 is 1.65. The molecule has 1 aliphatic rings. The second-order valence-electron chi connectivity index (χ2n) is 6.98. The summed E-state index contributed by atoms with van der Waals surface area (Å²) < 4.78 is 5.02. The molecule has 0 radical (unpaired) electrons. The molecule has 6 nitrogen and oxygen atoms in total. The fraction of sp³-hybridized carbons (Fsp3) is 0.526. The summed E-state index contributed by atoms with van der Waals surface area (Å²) in [5.41, 5.74) is 1.61. The molecule has 0 aromatic carbocycles. The van der Waals surface area contributed by atoms with E-state index in [0.29, 0.717) is 18.7 Å². The van der Waals surface area contributed by atoms with E-state index in [9.17, 15) is 9.59 Å². The van der Waals surface area contributed by atoms with Gasteiger partial charge in [0.2, 0.25) is 5.91 Å². The van der Waals surface area contributed by atoms with E-state index < -0.39 is 0 Å². The number of nitrogens with one attached hydrogen (secondary N) is 1. The maximum atomic E-state index is 12.5. The van der Waals surface area contributed by atoms with Crippen LogP contribution in [0.15, 0.2) is 28.4 Å². The monoisotopic (exact) mass is 375 g/mol. The largest absolute Gasteiger partial charge is 0.472 e. The van der Waals surface area contributed by atoms with Crippen LogP contribution in [0, 0.1) is 5.92 Å². The highest BCUT2D eigenvalue weighted by molar-refractivity contribution is 7.09. The highest BCUT2D eigenvalue weighted by Gasteiger charge is 2.27. The normalized spacial score (nSPS) is 17.5. The number of hydrogen-bond acceptors (Lipinski definition) is 5. The van der Waals surface area contributed by atoms with Gasteiger partial charge in [-0.15, -0.1) is 11.3 Å². The summed E-state index contributed by atoms with van der Waals surface area (Å²) in [6, 6.07) is 1.71. The van der Waals surface area contributed by atoms with Gasteiger partial charge >= 0.3 is 0 Å². The Labute approximate surface area is 157 Å². The Bertz CT molecular complexity index is 739. The predicted molar refractivity (Wildman–Crippen MR) is 100 cm³/mol. The van der Waals surface area contributed by atoms with Gasteiger partial charge in [0.05, 0.1) is 22.5 Å². The summed E-state index contributed by atoms with van der Waals surface area (Å²) in [6.45, 7) is 5.85. The lowest BCUT2D eigenvalue weighted by Gasteiger charge is -2.31. The molecular formula is C19H25N3O3S. The van der Waals surface area contributed by atoms with E-state index in [-0.39, 0.29) is 23.7 Å². The Kier molecular flexibility index (Phi) is 6.08. The summed E-state index contributed by atoms with van der Waals surface area (Å²) in [5, 5.41) is 6.07. The first kappa shape index (κ1) is 18.6. The predicted octanol–water partition coefficient (Wildman–Crippen LogP) is 3.07. The van der Waals surface area contributed by atoms with Crippen LogP contribution in [0.4, 0.5) is 0 Å². The molecule has 2 amide bonds. The highest BCUT2D eigenvalue weighted by Crippen LogP contribution is 2.30. The molecule has 26 heavy (non-hydrogen) atoms. The zero-order chi connectivity index (χ0) is 18.5. The number of carbonyl (C=O) groups is 2. The number of piperidine rings is 1. The lowest BCUT2D eigenvalue weighted by atomic mass is 9.98. The van der Waals surface area contributed by atoms with Crippen molar-refractivity contribution in [1.82, 2.24) is 15.2 Å². The number of nitrogens with zero attached hydrogens (tertiary/aromatic N) is 2. The molecule has 140 valence electrons. The molecule has 0 aliphatic carbocycles. The molecule has 1 fully saturated rings. The van der Waals surface area contributed by atoms with Gasteiger partial charge in [-0.25, -0.2) is 4.98 Å². The Morgan fingerprint density at radius 2 is 2.31 bits per heavy atom. The first-order valence-corrected chi connectivity index (χ1v) is 9.96. The van der Waals surface area contributed by atoms with Crippen LogP contribution in [0.5, 0.6) is 0 Å². The standard InChI is InChI=1S/C19H25N3O3S/c1-13(2)17(23)20-7-5-16-12-26-18(21-16)14-4-3-8-22(10-14)19(24)15-6-9-25-11-15/h6,9,11-14H,3-5,7-8,10H2,1-2H3,(H,20,23)/t14-/m1/s1. The van der Waals surface area contributed by atoms with Crippen molar-refractivity contribution in [1.29, 1.82) is 0 Å². The van der Waals surface area contributed by atoms with Gasteiger partial charge in [-0.3, -0.25) is 9.59 Å². The van der Waals surface area contributed by atoms with Crippen molar-refractivity contribution in [3.8, 4) is 0 Å². The number of aromatic nitrogens is 1. The number of likely N-dealkylation sites (tertiary alicyclic amines) is 1. The summed E-state index contributed by atoms with van der Waals surface area (Å²) in [7, 11) is 0. The van der Waals surface area contributed by atoms with Crippen molar-refractivity contribution in [2.45, 2.75) is 39.0 Å². The van der Waals surface area contributed by atoms with Crippen LogP contribution in [0.2, 0.25) is 0 Å². The maximum Gasteiger partial charge on any atom is 0.257 e.